The number of aryl methyl sites for hydroxylation is 2. The molecule has 8 heteroatoms. The van der Waals surface area contributed by atoms with Crippen molar-refractivity contribution in [1.29, 1.82) is 0 Å². The molecule has 0 saturated heterocycles. The van der Waals surface area contributed by atoms with E-state index >= 15 is 0 Å². The highest BCUT2D eigenvalue weighted by Gasteiger charge is 2.15. The zero-order chi connectivity index (χ0) is 24.8. The van der Waals surface area contributed by atoms with Crippen molar-refractivity contribution < 1.29 is 14.3 Å². The molecule has 3 aromatic rings. The van der Waals surface area contributed by atoms with E-state index in [0.717, 1.165) is 11.1 Å². The summed E-state index contributed by atoms with van der Waals surface area (Å²) in [5.74, 6) is -0.0209. The number of carbonyl (C=O) groups is 2. The average Bonchev–Trinajstić information content (AvgIpc) is 2.77. The summed E-state index contributed by atoms with van der Waals surface area (Å²) in [5, 5.41) is 8.59. The van der Waals surface area contributed by atoms with Crippen LogP contribution in [0.15, 0.2) is 65.1 Å². The Kier molecular flexibility index (Phi) is 8.41. The third-order valence-electron chi connectivity index (χ3n) is 4.97. The Morgan fingerprint density at radius 3 is 2.32 bits per heavy atom. The van der Waals surface area contributed by atoms with E-state index in [1.165, 1.54) is 0 Å². The van der Waals surface area contributed by atoms with Gasteiger partial charge in [-0.2, -0.15) is 0 Å². The Bertz CT molecular complexity index is 1240. The van der Waals surface area contributed by atoms with Crippen LogP contribution in [0.1, 0.15) is 45.7 Å². The summed E-state index contributed by atoms with van der Waals surface area (Å²) in [7, 11) is 0. The molecule has 3 rings (SSSR count). The van der Waals surface area contributed by atoms with Crippen molar-refractivity contribution in [2.75, 3.05) is 10.6 Å². The van der Waals surface area contributed by atoms with E-state index in [1.807, 2.05) is 45.9 Å². The van der Waals surface area contributed by atoms with Gasteiger partial charge in [0.1, 0.15) is 5.75 Å². The van der Waals surface area contributed by atoms with Crippen molar-refractivity contribution in [2.24, 2.45) is 0 Å². The fraction of sp³-hybridized carbons (Fsp3) is 0.192. The Hall–Kier alpha value is -3.23. The molecule has 0 aromatic heterocycles. The van der Waals surface area contributed by atoms with Gasteiger partial charge in [-0.15, -0.1) is 0 Å². The number of hydrogen-bond acceptors (Lipinski definition) is 4. The average molecular weight is 540 g/mol. The lowest BCUT2D eigenvalue weighted by Crippen LogP contribution is -2.34. The predicted octanol–water partition coefficient (Wildman–Crippen LogP) is 6.23. The molecule has 0 aliphatic rings. The standard InChI is InChI=1S/C26H26BrN3O3S/c1-15(2)33-23-12-10-18(14-21(23)27)24(31)30-26(34)29-22-8-6-5-7-20(22)25(32)28-19-11-9-16(3)17(4)13-19/h5-15H,1-4H3,(H,28,32)(H2,29,30,31,34). The van der Waals surface area contributed by atoms with Crippen LogP contribution in [0, 0.1) is 13.8 Å². The number of benzene rings is 3. The second kappa shape index (κ2) is 11.3. The first kappa shape index (κ1) is 25.4. The van der Waals surface area contributed by atoms with Gasteiger partial charge in [0.05, 0.1) is 21.8 Å². The van der Waals surface area contributed by atoms with Crippen molar-refractivity contribution in [2.45, 2.75) is 33.8 Å². The third-order valence-corrected chi connectivity index (χ3v) is 5.79. The molecule has 0 radical (unpaired) electrons. The molecule has 2 amide bonds. The number of carbonyl (C=O) groups excluding carboxylic acids is 2. The fourth-order valence-corrected chi connectivity index (χ4v) is 3.80. The Morgan fingerprint density at radius 1 is 0.912 bits per heavy atom. The normalized spacial score (nSPS) is 10.5. The highest BCUT2D eigenvalue weighted by Crippen LogP contribution is 2.27. The second-order valence-corrected chi connectivity index (χ2v) is 9.28. The third kappa shape index (κ3) is 6.65. The van der Waals surface area contributed by atoms with Gasteiger partial charge in [0.15, 0.2) is 5.11 Å². The smallest absolute Gasteiger partial charge is 0.257 e. The maximum absolute atomic E-state index is 12.9. The summed E-state index contributed by atoms with van der Waals surface area (Å²) in [6.07, 6.45) is 0.0139. The van der Waals surface area contributed by atoms with Crippen LogP contribution >= 0.6 is 28.1 Å². The van der Waals surface area contributed by atoms with Crippen molar-refractivity contribution >= 4 is 56.4 Å². The predicted molar refractivity (Wildman–Crippen MR) is 144 cm³/mol. The van der Waals surface area contributed by atoms with Crippen LogP contribution in [-0.4, -0.2) is 23.0 Å². The first-order valence-electron chi connectivity index (χ1n) is 10.7. The van der Waals surface area contributed by atoms with Crippen LogP contribution in [0.4, 0.5) is 11.4 Å². The summed E-state index contributed by atoms with van der Waals surface area (Å²) in [4.78, 5) is 25.6. The Morgan fingerprint density at radius 2 is 1.65 bits per heavy atom. The minimum absolute atomic E-state index is 0.0139. The molecular weight excluding hydrogens is 514 g/mol. The molecule has 0 saturated carbocycles. The monoisotopic (exact) mass is 539 g/mol. The number of para-hydroxylation sites is 1. The molecule has 0 aliphatic carbocycles. The molecule has 6 nitrogen and oxygen atoms in total. The maximum atomic E-state index is 12.9. The summed E-state index contributed by atoms with van der Waals surface area (Å²) < 4.78 is 6.34. The Labute approximate surface area is 213 Å². The molecule has 0 heterocycles. The molecular formula is C26H26BrN3O3S. The van der Waals surface area contributed by atoms with Gasteiger partial charge in [0.2, 0.25) is 0 Å². The Balaban J connectivity index is 1.68. The lowest BCUT2D eigenvalue weighted by molar-refractivity contribution is 0.0976. The number of thiocarbonyl (C=S) groups is 1. The fourth-order valence-electron chi connectivity index (χ4n) is 3.13. The van der Waals surface area contributed by atoms with Gasteiger partial charge < -0.3 is 15.4 Å². The van der Waals surface area contributed by atoms with E-state index in [1.54, 1.807) is 42.5 Å². The van der Waals surface area contributed by atoms with E-state index in [9.17, 15) is 9.59 Å². The minimum Gasteiger partial charge on any atom is -0.490 e. The number of hydrogen-bond donors (Lipinski definition) is 3. The number of halogens is 1. The number of anilines is 2. The summed E-state index contributed by atoms with van der Waals surface area (Å²) in [5.41, 5.74) is 4.23. The van der Waals surface area contributed by atoms with E-state index < -0.39 is 0 Å². The highest BCUT2D eigenvalue weighted by atomic mass is 79.9. The second-order valence-electron chi connectivity index (χ2n) is 8.02. The molecule has 34 heavy (non-hydrogen) atoms. The largest absolute Gasteiger partial charge is 0.490 e. The minimum atomic E-state index is -0.383. The number of ether oxygens (including phenoxy) is 1. The summed E-state index contributed by atoms with van der Waals surface area (Å²) >= 11 is 8.75. The molecule has 0 bridgehead atoms. The number of nitrogens with one attached hydrogen (secondary N) is 3. The highest BCUT2D eigenvalue weighted by molar-refractivity contribution is 9.10. The molecule has 0 fully saturated rings. The van der Waals surface area contributed by atoms with Crippen LogP contribution in [0.3, 0.4) is 0 Å². The first-order chi connectivity index (χ1) is 16.1. The molecule has 176 valence electrons. The van der Waals surface area contributed by atoms with Crippen LogP contribution in [0.5, 0.6) is 5.75 Å². The molecule has 3 aromatic carbocycles. The first-order valence-corrected chi connectivity index (χ1v) is 11.9. The van der Waals surface area contributed by atoms with Crippen molar-refractivity contribution in [3.8, 4) is 5.75 Å². The summed E-state index contributed by atoms with van der Waals surface area (Å²) in [6, 6.07) is 17.7. The van der Waals surface area contributed by atoms with E-state index in [4.69, 9.17) is 17.0 Å². The molecule has 0 spiro atoms. The van der Waals surface area contributed by atoms with Gasteiger partial charge in [-0.1, -0.05) is 18.2 Å². The SMILES string of the molecule is Cc1ccc(NC(=O)c2ccccc2NC(=S)NC(=O)c2ccc(OC(C)C)c(Br)c2)cc1C. The van der Waals surface area contributed by atoms with Gasteiger partial charge >= 0.3 is 0 Å². The van der Waals surface area contributed by atoms with Crippen molar-refractivity contribution in [1.82, 2.24) is 5.32 Å². The van der Waals surface area contributed by atoms with Crippen LogP contribution in [-0.2, 0) is 0 Å². The zero-order valence-electron chi connectivity index (χ0n) is 19.4. The van der Waals surface area contributed by atoms with E-state index in [0.29, 0.717) is 32.7 Å². The lowest BCUT2D eigenvalue weighted by atomic mass is 10.1. The van der Waals surface area contributed by atoms with Crippen LogP contribution < -0.4 is 20.7 Å². The van der Waals surface area contributed by atoms with Gasteiger partial charge in [0.25, 0.3) is 11.8 Å². The quantitative estimate of drug-likeness (QED) is 0.323. The lowest BCUT2D eigenvalue weighted by Gasteiger charge is -2.15. The summed E-state index contributed by atoms with van der Waals surface area (Å²) in [6.45, 7) is 7.86. The van der Waals surface area contributed by atoms with Crippen LogP contribution in [0.2, 0.25) is 0 Å². The van der Waals surface area contributed by atoms with Gasteiger partial charge in [-0.05, 0) is 109 Å². The topological polar surface area (TPSA) is 79.5 Å². The van der Waals surface area contributed by atoms with Crippen molar-refractivity contribution in [3.63, 3.8) is 0 Å². The van der Waals surface area contributed by atoms with Gasteiger partial charge in [-0.3, -0.25) is 14.9 Å². The van der Waals surface area contributed by atoms with Gasteiger partial charge in [0, 0.05) is 11.3 Å². The molecule has 0 aliphatic heterocycles. The zero-order valence-corrected chi connectivity index (χ0v) is 21.8. The van der Waals surface area contributed by atoms with Crippen molar-refractivity contribution in [3.05, 3.63) is 87.4 Å². The van der Waals surface area contributed by atoms with E-state index in [-0.39, 0.29) is 23.0 Å². The van der Waals surface area contributed by atoms with Gasteiger partial charge in [-0.25, -0.2) is 0 Å². The number of rotatable bonds is 6. The molecule has 0 unspecified atom stereocenters. The molecule has 3 N–H and O–H groups in total. The number of amides is 2. The van der Waals surface area contributed by atoms with E-state index in [2.05, 4.69) is 31.9 Å². The maximum Gasteiger partial charge on any atom is 0.257 e. The molecule has 0 atom stereocenters. The van der Waals surface area contributed by atoms with Crippen LogP contribution in [0.25, 0.3) is 0 Å².